The highest BCUT2D eigenvalue weighted by Gasteiger charge is 2.42. The van der Waals surface area contributed by atoms with Gasteiger partial charge in [-0.2, -0.15) is 0 Å². The highest BCUT2D eigenvalue weighted by molar-refractivity contribution is 5.36. The lowest BCUT2D eigenvalue weighted by Gasteiger charge is -2.39. The molecule has 3 atom stereocenters. The van der Waals surface area contributed by atoms with E-state index < -0.39 is 5.60 Å². The predicted octanol–water partition coefficient (Wildman–Crippen LogP) is 3.56. The molecule has 0 radical (unpaired) electrons. The van der Waals surface area contributed by atoms with Gasteiger partial charge in [0.25, 0.3) is 0 Å². The molecule has 2 aromatic rings. The smallest absolute Gasteiger partial charge is 0.138 e. The van der Waals surface area contributed by atoms with Gasteiger partial charge in [-0.25, -0.2) is 0 Å². The number of ether oxygens (including phenoxy) is 1. The molecular formula is C22H27NO2. The molecule has 3 heteroatoms. The molecule has 2 bridgehead atoms. The molecule has 0 amide bonds. The Balaban J connectivity index is 1.57. The fraction of sp³-hybridized carbons (Fsp3) is 0.455. The summed E-state index contributed by atoms with van der Waals surface area (Å²) in [6.07, 6.45) is 5.00. The quantitative estimate of drug-likeness (QED) is 0.905. The summed E-state index contributed by atoms with van der Waals surface area (Å²) in [5.41, 5.74) is 0.653. The number of hydrogen-bond acceptors (Lipinski definition) is 3. The molecular weight excluding hydrogens is 310 g/mol. The molecule has 3 unspecified atom stereocenters. The molecule has 132 valence electrons. The SMILES string of the molecule is CN1C2CCC(OCC(O)(c3ccccc3)c3ccccc3)C1CC2. The molecule has 2 heterocycles. The Morgan fingerprint density at radius 3 is 2.08 bits per heavy atom. The van der Waals surface area contributed by atoms with Gasteiger partial charge >= 0.3 is 0 Å². The van der Waals surface area contributed by atoms with Crippen LogP contribution in [0.4, 0.5) is 0 Å². The molecule has 4 rings (SSSR count). The molecule has 0 spiro atoms. The van der Waals surface area contributed by atoms with E-state index in [2.05, 4.69) is 11.9 Å². The minimum atomic E-state index is -1.11. The van der Waals surface area contributed by atoms with E-state index in [9.17, 15) is 5.11 Å². The summed E-state index contributed by atoms with van der Waals surface area (Å²) in [5, 5.41) is 11.6. The number of fused-ring (bicyclic) bond motifs is 2. The Hall–Kier alpha value is -1.68. The Morgan fingerprint density at radius 1 is 0.920 bits per heavy atom. The zero-order valence-corrected chi connectivity index (χ0v) is 14.8. The Kier molecular flexibility index (Phi) is 4.63. The maximum atomic E-state index is 11.6. The van der Waals surface area contributed by atoms with Gasteiger partial charge in [0.2, 0.25) is 0 Å². The van der Waals surface area contributed by atoms with Crippen LogP contribution >= 0.6 is 0 Å². The molecule has 2 aromatic carbocycles. The van der Waals surface area contributed by atoms with Crippen LogP contribution in [-0.4, -0.2) is 41.8 Å². The number of nitrogens with zero attached hydrogens (tertiary/aromatic N) is 1. The van der Waals surface area contributed by atoms with Crippen LogP contribution in [-0.2, 0) is 10.3 Å². The zero-order chi connectivity index (χ0) is 17.3. The van der Waals surface area contributed by atoms with Gasteiger partial charge in [-0.3, -0.25) is 4.90 Å². The summed E-state index contributed by atoms with van der Waals surface area (Å²) < 4.78 is 6.37. The molecule has 2 saturated heterocycles. The molecule has 25 heavy (non-hydrogen) atoms. The van der Waals surface area contributed by atoms with Crippen molar-refractivity contribution < 1.29 is 9.84 Å². The molecule has 2 aliphatic heterocycles. The molecule has 0 aliphatic carbocycles. The van der Waals surface area contributed by atoms with Crippen molar-refractivity contribution >= 4 is 0 Å². The minimum Gasteiger partial charge on any atom is -0.378 e. The first kappa shape index (κ1) is 16.8. The van der Waals surface area contributed by atoms with Crippen molar-refractivity contribution in [3.05, 3.63) is 71.8 Å². The number of aliphatic hydroxyl groups is 1. The van der Waals surface area contributed by atoms with Gasteiger partial charge < -0.3 is 9.84 Å². The first-order valence-electron chi connectivity index (χ1n) is 9.35. The number of hydrogen-bond donors (Lipinski definition) is 1. The van der Waals surface area contributed by atoms with E-state index in [-0.39, 0.29) is 6.10 Å². The van der Waals surface area contributed by atoms with Crippen molar-refractivity contribution in [3.63, 3.8) is 0 Å². The van der Waals surface area contributed by atoms with Crippen LogP contribution in [0.5, 0.6) is 0 Å². The monoisotopic (exact) mass is 337 g/mol. The molecule has 3 nitrogen and oxygen atoms in total. The van der Waals surface area contributed by atoms with Gasteiger partial charge in [0, 0.05) is 12.1 Å². The third-order valence-corrected chi connectivity index (χ3v) is 6.12. The van der Waals surface area contributed by atoms with Gasteiger partial charge in [0.15, 0.2) is 0 Å². The first-order valence-corrected chi connectivity index (χ1v) is 9.35. The predicted molar refractivity (Wildman–Crippen MR) is 99.4 cm³/mol. The third kappa shape index (κ3) is 3.12. The summed E-state index contributed by atoms with van der Waals surface area (Å²) >= 11 is 0. The molecule has 0 aromatic heterocycles. The first-order chi connectivity index (χ1) is 12.2. The summed E-state index contributed by atoms with van der Waals surface area (Å²) in [4.78, 5) is 2.48. The van der Waals surface area contributed by atoms with Crippen molar-refractivity contribution in [2.75, 3.05) is 13.7 Å². The Morgan fingerprint density at radius 2 is 1.48 bits per heavy atom. The summed E-state index contributed by atoms with van der Waals surface area (Å²) in [7, 11) is 2.22. The van der Waals surface area contributed by atoms with Crippen LogP contribution in [0.1, 0.15) is 36.8 Å². The topological polar surface area (TPSA) is 32.7 Å². The Bertz CT molecular complexity index is 648. The van der Waals surface area contributed by atoms with Crippen LogP contribution in [0.2, 0.25) is 0 Å². The highest BCUT2D eigenvalue weighted by Crippen LogP contribution is 2.37. The van der Waals surface area contributed by atoms with Gasteiger partial charge in [0.1, 0.15) is 5.60 Å². The molecule has 1 N–H and O–H groups in total. The van der Waals surface area contributed by atoms with E-state index in [1.165, 1.54) is 19.3 Å². The van der Waals surface area contributed by atoms with E-state index >= 15 is 0 Å². The van der Waals surface area contributed by atoms with E-state index in [1.807, 2.05) is 60.7 Å². The van der Waals surface area contributed by atoms with Gasteiger partial charge in [0.05, 0.1) is 12.7 Å². The fourth-order valence-electron chi connectivity index (χ4n) is 4.57. The minimum absolute atomic E-state index is 0.211. The van der Waals surface area contributed by atoms with Crippen molar-refractivity contribution in [2.24, 2.45) is 0 Å². The average molecular weight is 337 g/mol. The number of rotatable bonds is 5. The number of piperidine rings is 1. The van der Waals surface area contributed by atoms with Crippen LogP contribution in [0.15, 0.2) is 60.7 Å². The maximum Gasteiger partial charge on any atom is 0.138 e. The second-order valence-electron chi connectivity index (χ2n) is 7.48. The third-order valence-electron chi connectivity index (χ3n) is 6.12. The summed E-state index contributed by atoms with van der Waals surface area (Å²) in [5.74, 6) is 0. The normalized spacial score (nSPS) is 26.7. The zero-order valence-electron chi connectivity index (χ0n) is 14.8. The van der Waals surface area contributed by atoms with Gasteiger partial charge in [-0.15, -0.1) is 0 Å². The Labute approximate surface area is 150 Å². The number of benzene rings is 2. The van der Waals surface area contributed by atoms with Crippen LogP contribution < -0.4 is 0 Å². The summed E-state index contributed by atoms with van der Waals surface area (Å²) in [6.45, 7) is 0.292. The molecule has 2 aliphatic rings. The second kappa shape index (κ2) is 6.91. The van der Waals surface area contributed by atoms with Crippen LogP contribution in [0.25, 0.3) is 0 Å². The van der Waals surface area contributed by atoms with Crippen molar-refractivity contribution in [1.82, 2.24) is 4.90 Å². The van der Waals surface area contributed by atoms with Crippen LogP contribution in [0.3, 0.4) is 0 Å². The van der Waals surface area contributed by atoms with Crippen LogP contribution in [0, 0.1) is 0 Å². The lowest BCUT2D eigenvalue weighted by Crippen LogP contribution is -2.47. The second-order valence-corrected chi connectivity index (χ2v) is 7.48. The standard InChI is InChI=1S/C22H27NO2/c1-23-19-12-14-20(23)21(15-13-19)25-16-22(24,17-8-4-2-5-9-17)18-10-6-3-7-11-18/h2-11,19-21,24H,12-16H2,1H3. The van der Waals surface area contributed by atoms with Crippen molar-refractivity contribution in [3.8, 4) is 0 Å². The lowest BCUT2D eigenvalue weighted by atomic mass is 9.87. The van der Waals surface area contributed by atoms with Gasteiger partial charge in [-0.1, -0.05) is 60.7 Å². The van der Waals surface area contributed by atoms with E-state index in [1.54, 1.807) is 0 Å². The molecule has 2 fully saturated rings. The number of likely N-dealkylation sites (N-methyl/N-ethyl adjacent to an activating group) is 1. The van der Waals surface area contributed by atoms with E-state index in [0.717, 1.165) is 23.6 Å². The fourth-order valence-corrected chi connectivity index (χ4v) is 4.57. The van der Waals surface area contributed by atoms with Gasteiger partial charge in [-0.05, 0) is 43.9 Å². The lowest BCUT2D eigenvalue weighted by molar-refractivity contribution is -0.0894. The highest BCUT2D eigenvalue weighted by atomic mass is 16.5. The van der Waals surface area contributed by atoms with E-state index in [0.29, 0.717) is 12.6 Å². The molecule has 0 saturated carbocycles. The van der Waals surface area contributed by atoms with E-state index in [4.69, 9.17) is 4.74 Å². The van der Waals surface area contributed by atoms with Crippen molar-refractivity contribution in [1.29, 1.82) is 0 Å². The average Bonchev–Trinajstić information content (AvgIpc) is 2.90. The maximum absolute atomic E-state index is 11.6. The summed E-state index contributed by atoms with van der Waals surface area (Å²) in [6, 6.07) is 21.0. The van der Waals surface area contributed by atoms with Crippen molar-refractivity contribution in [2.45, 2.75) is 49.5 Å². The largest absolute Gasteiger partial charge is 0.378 e.